The van der Waals surface area contributed by atoms with E-state index in [2.05, 4.69) is 42.9 Å². The van der Waals surface area contributed by atoms with Crippen LogP contribution in [0.25, 0.3) is 16.6 Å². The van der Waals surface area contributed by atoms with Gasteiger partial charge in [0.1, 0.15) is 11.3 Å². The number of pyridine rings is 1. The van der Waals surface area contributed by atoms with Crippen molar-refractivity contribution in [3.8, 4) is 0 Å². The molecule has 7 nitrogen and oxygen atoms in total. The molecular weight excluding hydrogens is 316 g/mol. The summed E-state index contributed by atoms with van der Waals surface area (Å²) < 4.78 is 0. The van der Waals surface area contributed by atoms with Crippen molar-refractivity contribution in [3.05, 3.63) is 47.1 Å². The van der Waals surface area contributed by atoms with E-state index in [1.165, 1.54) is 5.57 Å². The number of nitrogens with one attached hydrogen (secondary N) is 4. The predicted molar refractivity (Wildman–Crippen MR) is 97.6 cm³/mol. The molecule has 4 heterocycles. The molecule has 1 aliphatic rings. The normalized spacial score (nSPS) is 14.6. The Morgan fingerprint density at radius 2 is 2.16 bits per heavy atom. The minimum Gasteiger partial charge on any atom is -0.339 e. The molecule has 4 N–H and O–H groups in total. The smallest absolute Gasteiger partial charge is 0.273 e. The number of aryl methyl sites for hydroxylation is 1. The fourth-order valence-electron chi connectivity index (χ4n) is 3.03. The molecule has 0 fully saturated rings. The van der Waals surface area contributed by atoms with Crippen LogP contribution in [0.3, 0.4) is 0 Å². The van der Waals surface area contributed by atoms with Crippen LogP contribution in [-0.4, -0.2) is 39.2 Å². The van der Waals surface area contributed by atoms with Crippen molar-refractivity contribution in [3.63, 3.8) is 0 Å². The van der Waals surface area contributed by atoms with Crippen LogP contribution in [0.4, 0.5) is 5.69 Å². The Labute approximate surface area is 144 Å². The van der Waals surface area contributed by atoms with Gasteiger partial charge >= 0.3 is 0 Å². The lowest BCUT2D eigenvalue weighted by atomic mass is 10.1. The Balaban J connectivity index is 1.59. The second kappa shape index (κ2) is 6.18. The van der Waals surface area contributed by atoms with E-state index in [0.717, 1.165) is 47.5 Å². The molecule has 0 aliphatic carbocycles. The Kier molecular flexibility index (Phi) is 3.85. The zero-order valence-corrected chi connectivity index (χ0v) is 14.2. The number of fused-ring (bicyclic) bond motifs is 1. The van der Waals surface area contributed by atoms with Gasteiger partial charge in [0.05, 0.1) is 17.6 Å². The highest BCUT2D eigenvalue weighted by Crippen LogP contribution is 2.25. The van der Waals surface area contributed by atoms with E-state index in [1.807, 2.05) is 19.9 Å². The predicted octanol–water partition coefficient (Wildman–Crippen LogP) is 2.53. The van der Waals surface area contributed by atoms with Gasteiger partial charge in [-0.05, 0) is 44.5 Å². The van der Waals surface area contributed by atoms with Crippen molar-refractivity contribution in [1.82, 2.24) is 25.5 Å². The van der Waals surface area contributed by atoms with E-state index in [4.69, 9.17) is 0 Å². The summed E-state index contributed by atoms with van der Waals surface area (Å²) in [6.45, 7) is 5.62. The maximum absolute atomic E-state index is 12.4. The van der Waals surface area contributed by atoms with Crippen molar-refractivity contribution in [2.24, 2.45) is 0 Å². The summed E-state index contributed by atoms with van der Waals surface area (Å²) in [5, 5.41) is 14.0. The van der Waals surface area contributed by atoms with Gasteiger partial charge in [-0.15, -0.1) is 0 Å². The number of aromatic nitrogens is 4. The zero-order valence-electron chi connectivity index (χ0n) is 14.2. The first-order valence-electron chi connectivity index (χ1n) is 8.33. The standard InChI is InChI=1S/C18H20N6O/c1-10-11(2)23-24-16(10)18(25)21-14-7-13-8-15(22-17(13)20-9-14)12-3-5-19-6-4-12/h3,7-9,19H,4-6H2,1-2H3,(H,20,22)(H,21,25)(H,23,24). The lowest BCUT2D eigenvalue weighted by Crippen LogP contribution is -2.20. The average molecular weight is 336 g/mol. The Hall–Kier alpha value is -2.93. The van der Waals surface area contributed by atoms with Crippen LogP contribution >= 0.6 is 0 Å². The number of rotatable bonds is 3. The van der Waals surface area contributed by atoms with Gasteiger partial charge in [0.2, 0.25) is 0 Å². The van der Waals surface area contributed by atoms with Crippen molar-refractivity contribution < 1.29 is 4.79 Å². The van der Waals surface area contributed by atoms with E-state index in [1.54, 1.807) is 6.20 Å². The fraction of sp³-hybridized carbons (Fsp3) is 0.278. The van der Waals surface area contributed by atoms with Gasteiger partial charge in [0.15, 0.2) is 0 Å². The highest BCUT2D eigenvalue weighted by Gasteiger charge is 2.15. The second-order valence-electron chi connectivity index (χ2n) is 6.29. The van der Waals surface area contributed by atoms with Crippen LogP contribution in [0, 0.1) is 13.8 Å². The summed E-state index contributed by atoms with van der Waals surface area (Å²) in [4.78, 5) is 20.2. The third-order valence-electron chi connectivity index (χ3n) is 4.62. The largest absolute Gasteiger partial charge is 0.339 e. The summed E-state index contributed by atoms with van der Waals surface area (Å²) in [7, 11) is 0. The van der Waals surface area contributed by atoms with Gasteiger partial charge in [-0.3, -0.25) is 9.89 Å². The Bertz CT molecular complexity index is 981. The molecule has 3 aromatic rings. The van der Waals surface area contributed by atoms with Crippen molar-refractivity contribution in [1.29, 1.82) is 0 Å². The Morgan fingerprint density at radius 3 is 2.88 bits per heavy atom. The summed E-state index contributed by atoms with van der Waals surface area (Å²) >= 11 is 0. The quantitative estimate of drug-likeness (QED) is 0.591. The molecule has 0 saturated carbocycles. The number of hydrogen-bond acceptors (Lipinski definition) is 4. The number of carbonyl (C=O) groups excluding carboxylic acids is 1. The van der Waals surface area contributed by atoms with Crippen LogP contribution in [-0.2, 0) is 0 Å². The SMILES string of the molecule is Cc1n[nH]c(C(=O)Nc2cnc3[nH]c(C4=CCNCC4)cc3c2)c1C. The molecule has 128 valence electrons. The second-order valence-corrected chi connectivity index (χ2v) is 6.29. The summed E-state index contributed by atoms with van der Waals surface area (Å²) in [5.41, 5.74) is 6.03. The van der Waals surface area contributed by atoms with Crippen LogP contribution < -0.4 is 10.6 Å². The van der Waals surface area contributed by atoms with Crippen LogP contribution in [0.2, 0.25) is 0 Å². The summed E-state index contributed by atoms with van der Waals surface area (Å²) in [6, 6.07) is 4.02. The average Bonchev–Trinajstić information content (AvgIpc) is 3.19. The van der Waals surface area contributed by atoms with Crippen LogP contribution in [0.1, 0.15) is 33.9 Å². The molecule has 4 rings (SSSR count). The fourth-order valence-corrected chi connectivity index (χ4v) is 3.03. The molecule has 0 bridgehead atoms. The van der Waals surface area contributed by atoms with E-state index >= 15 is 0 Å². The molecule has 0 unspecified atom stereocenters. The third-order valence-corrected chi connectivity index (χ3v) is 4.62. The molecule has 1 amide bonds. The maximum Gasteiger partial charge on any atom is 0.273 e. The van der Waals surface area contributed by atoms with Crippen molar-refractivity contribution >= 4 is 28.2 Å². The van der Waals surface area contributed by atoms with Gasteiger partial charge in [-0.2, -0.15) is 5.10 Å². The van der Waals surface area contributed by atoms with E-state index < -0.39 is 0 Å². The highest BCUT2D eigenvalue weighted by atomic mass is 16.1. The first kappa shape index (κ1) is 15.6. The van der Waals surface area contributed by atoms with Gasteiger partial charge in [-0.1, -0.05) is 6.08 Å². The number of H-pyrrole nitrogens is 2. The summed E-state index contributed by atoms with van der Waals surface area (Å²) in [5.74, 6) is -0.212. The van der Waals surface area contributed by atoms with Gasteiger partial charge in [0, 0.05) is 23.2 Å². The molecule has 0 spiro atoms. The zero-order chi connectivity index (χ0) is 17.4. The first-order chi connectivity index (χ1) is 12.1. The monoisotopic (exact) mass is 336 g/mol. The third kappa shape index (κ3) is 2.94. The van der Waals surface area contributed by atoms with Crippen LogP contribution in [0.15, 0.2) is 24.4 Å². The molecule has 3 aromatic heterocycles. The van der Waals surface area contributed by atoms with Crippen LogP contribution in [0.5, 0.6) is 0 Å². The highest BCUT2D eigenvalue weighted by molar-refractivity contribution is 6.04. The number of anilines is 1. The molecule has 0 atom stereocenters. The minimum atomic E-state index is -0.212. The molecule has 7 heteroatoms. The number of aromatic amines is 2. The lowest BCUT2D eigenvalue weighted by Gasteiger charge is -2.12. The number of amides is 1. The van der Waals surface area contributed by atoms with E-state index in [0.29, 0.717) is 11.4 Å². The number of carbonyl (C=O) groups is 1. The number of nitrogens with zero attached hydrogens (tertiary/aromatic N) is 2. The molecule has 0 radical (unpaired) electrons. The molecular formula is C18H20N6O. The molecule has 1 aliphatic heterocycles. The number of hydrogen-bond donors (Lipinski definition) is 4. The lowest BCUT2D eigenvalue weighted by molar-refractivity contribution is 0.102. The van der Waals surface area contributed by atoms with E-state index in [9.17, 15) is 4.79 Å². The van der Waals surface area contributed by atoms with Gasteiger partial charge in [-0.25, -0.2) is 4.98 Å². The molecule has 25 heavy (non-hydrogen) atoms. The Morgan fingerprint density at radius 1 is 1.28 bits per heavy atom. The van der Waals surface area contributed by atoms with E-state index in [-0.39, 0.29) is 5.91 Å². The van der Waals surface area contributed by atoms with Gasteiger partial charge in [0.25, 0.3) is 5.91 Å². The molecule has 0 saturated heterocycles. The van der Waals surface area contributed by atoms with Gasteiger partial charge < -0.3 is 15.6 Å². The molecule has 0 aromatic carbocycles. The summed E-state index contributed by atoms with van der Waals surface area (Å²) in [6.07, 6.45) is 4.85. The topological polar surface area (TPSA) is 98.5 Å². The van der Waals surface area contributed by atoms with Crippen molar-refractivity contribution in [2.45, 2.75) is 20.3 Å². The maximum atomic E-state index is 12.4. The first-order valence-corrected chi connectivity index (χ1v) is 8.33. The minimum absolute atomic E-state index is 0.212. The van der Waals surface area contributed by atoms with Crippen molar-refractivity contribution in [2.75, 3.05) is 18.4 Å².